The summed E-state index contributed by atoms with van der Waals surface area (Å²) in [6.45, 7) is 0.287. The highest BCUT2D eigenvalue weighted by Gasteiger charge is 2.04. The summed E-state index contributed by atoms with van der Waals surface area (Å²) in [5, 5.41) is 14.7. The average molecular weight is 403 g/mol. The molecular weight excluding hydrogens is 382 g/mol. The van der Waals surface area contributed by atoms with Crippen LogP contribution in [-0.4, -0.2) is 17.0 Å². The first kappa shape index (κ1) is 20.7. The van der Waals surface area contributed by atoms with Crippen molar-refractivity contribution in [2.24, 2.45) is 5.10 Å². The maximum Gasteiger partial charge on any atom is 0.269 e. The molecule has 7 heteroatoms. The number of ether oxygens (including phenoxy) is 1. The molecule has 0 aliphatic heterocycles. The molecule has 0 radical (unpaired) electrons. The molecule has 0 aliphatic carbocycles. The first-order valence-corrected chi connectivity index (χ1v) is 9.42. The minimum atomic E-state index is -0.437. The number of aryl methyl sites for hydroxylation is 1. The van der Waals surface area contributed by atoms with Gasteiger partial charge in [0.1, 0.15) is 12.4 Å². The number of benzene rings is 3. The summed E-state index contributed by atoms with van der Waals surface area (Å²) in [6.07, 6.45) is 2.58. The molecule has 1 amide bonds. The number of nitro groups is 1. The molecule has 0 aliphatic rings. The molecule has 1 N–H and O–H groups in total. The number of hydrazone groups is 1. The second-order valence-electron chi connectivity index (χ2n) is 6.56. The van der Waals surface area contributed by atoms with Gasteiger partial charge in [-0.15, -0.1) is 0 Å². The molecule has 0 saturated carbocycles. The number of non-ortho nitro benzene ring substituents is 1. The molecular formula is C23H21N3O4. The fourth-order valence-electron chi connectivity index (χ4n) is 2.70. The second kappa shape index (κ2) is 10.5. The van der Waals surface area contributed by atoms with Gasteiger partial charge in [-0.25, -0.2) is 5.43 Å². The van der Waals surface area contributed by atoms with Crippen molar-refractivity contribution in [3.05, 3.63) is 106 Å². The van der Waals surface area contributed by atoms with Gasteiger partial charge in [-0.3, -0.25) is 14.9 Å². The Morgan fingerprint density at radius 2 is 1.77 bits per heavy atom. The Morgan fingerprint density at radius 1 is 1.00 bits per heavy atom. The van der Waals surface area contributed by atoms with Gasteiger partial charge in [-0.2, -0.15) is 5.10 Å². The first-order valence-electron chi connectivity index (χ1n) is 9.42. The summed E-state index contributed by atoms with van der Waals surface area (Å²) < 4.78 is 5.73. The zero-order valence-electron chi connectivity index (χ0n) is 16.2. The molecule has 0 saturated heterocycles. The molecule has 3 aromatic carbocycles. The Bertz CT molecular complexity index is 1020. The maximum absolute atomic E-state index is 11.9. The molecule has 152 valence electrons. The van der Waals surface area contributed by atoms with Crippen molar-refractivity contribution in [1.29, 1.82) is 0 Å². The summed E-state index contributed by atoms with van der Waals surface area (Å²) in [5.41, 5.74) is 5.28. The number of carbonyl (C=O) groups is 1. The third-order valence-electron chi connectivity index (χ3n) is 4.30. The molecule has 0 atom stereocenters. The minimum Gasteiger partial charge on any atom is -0.489 e. The van der Waals surface area contributed by atoms with Gasteiger partial charge in [0, 0.05) is 18.6 Å². The number of amides is 1. The third-order valence-corrected chi connectivity index (χ3v) is 4.30. The zero-order chi connectivity index (χ0) is 21.2. The van der Waals surface area contributed by atoms with Crippen LogP contribution in [0, 0.1) is 10.1 Å². The van der Waals surface area contributed by atoms with Crippen molar-refractivity contribution in [1.82, 2.24) is 5.43 Å². The first-order chi connectivity index (χ1) is 14.6. The Labute approximate surface area is 174 Å². The highest BCUT2D eigenvalue weighted by Crippen LogP contribution is 2.16. The lowest BCUT2D eigenvalue weighted by molar-refractivity contribution is -0.384. The number of nitrogens with one attached hydrogen (secondary N) is 1. The van der Waals surface area contributed by atoms with Crippen molar-refractivity contribution in [3.63, 3.8) is 0 Å². The van der Waals surface area contributed by atoms with Crippen LogP contribution in [-0.2, 0) is 17.8 Å². The van der Waals surface area contributed by atoms with E-state index in [2.05, 4.69) is 10.5 Å². The second-order valence-corrected chi connectivity index (χ2v) is 6.56. The van der Waals surface area contributed by atoms with Crippen LogP contribution in [0.3, 0.4) is 0 Å². The summed E-state index contributed by atoms with van der Waals surface area (Å²) in [4.78, 5) is 22.2. The molecule has 30 heavy (non-hydrogen) atoms. The smallest absolute Gasteiger partial charge is 0.269 e. The predicted molar refractivity (Wildman–Crippen MR) is 114 cm³/mol. The third kappa shape index (κ3) is 6.56. The van der Waals surface area contributed by atoms with Crippen molar-refractivity contribution in [3.8, 4) is 5.75 Å². The SMILES string of the molecule is O=C(CCc1ccccc1)N/N=C\c1cccc(OCc2ccc([N+](=O)[O-])cc2)c1. The van der Waals surface area contributed by atoms with Gasteiger partial charge in [-0.05, 0) is 47.4 Å². The summed E-state index contributed by atoms with van der Waals surface area (Å²) >= 11 is 0. The van der Waals surface area contributed by atoms with Gasteiger partial charge in [0.25, 0.3) is 5.69 Å². The number of nitro benzene ring substituents is 1. The van der Waals surface area contributed by atoms with Gasteiger partial charge in [0.2, 0.25) is 5.91 Å². The van der Waals surface area contributed by atoms with E-state index in [0.29, 0.717) is 18.6 Å². The van der Waals surface area contributed by atoms with E-state index in [9.17, 15) is 14.9 Å². The molecule has 0 bridgehead atoms. The summed E-state index contributed by atoms with van der Waals surface area (Å²) in [5.74, 6) is 0.480. The monoisotopic (exact) mass is 403 g/mol. The van der Waals surface area contributed by atoms with Crippen LogP contribution in [0.1, 0.15) is 23.1 Å². The lowest BCUT2D eigenvalue weighted by Crippen LogP contribution is -2.17. The van der Waals surface area contributed by atoms with Crippen LogP contribution in [0.25, 0.3) is 0 Å². The van der Waals surface area contributed by atoms with E-state index < -0.39 is 4.92 Å². The standard InChI is InChI=1S/C23H21N3O4/c27-23(14-11-18-5-2-1-3-6-18)25-24-16-20-7-4-8-22(15-20)30-17-19-9-12-21(13-10-19)26(28)29/h1-10,12-13,15-16H,11,14,17H2,(H,25,27)/b24-16-. The Hall–Kier alpha value is -4.00. The number of hydrogen-bond acceptors (Lipinski definition) is 5. The molecule has 7 nitrogen and oxygen atoms in total. The molecule has 0 unspecified atom stereocenters. The van der Waals surface area contributed by atoms with Crippen LogP contribution in [0.4, 0.5) is 5.69 Å². The van der Waals surface area contributed by atoms with Crippen LogP contribution >= 0.6 is 0 Å². The number of rotatable bonds is 9. The average Bonchev–Trinajstić information content (AvgIpc) is 2.77. The van der Waals surface area contributed by atoms with E-state index in [4.69, 9.17) is 4.74 Å². The lowest BCUT2D eigenvalue weighted by atomic mass is 10.1. The summed E-state index contributed by atoms with van der Waals surface area (Å²) in [6, 6.07) is 23.3. The van der Waals surface area contributed by atoms with E-state index in [0.717, 1.165) is 16.7 Å². The normalized spacial score (nSPS) is 10.7. The fraction of sp³-hybridized carbons (Fsp3) is 0.130. The van der Waals surface area contributed by atoms with Crippen LogP contribution in [0.2, 0.25) is 0 Å². The van der Waals surface area contributed by atoms with Crippen molar-refractivity contribution in [2.75, 3.05) is 0 Å². The van der Waals surface area contributed by atoms with E-state index in [-0.39, 0.29) is 18.2 Å². The van der Waals surface area contributed by atoms with E-state index in [1.54, 1.807) is 30.5 Å². The Morgan fingerprint density at radius 3 is 2.50 bits per heavy atom. The molecule has 3 rings (SSSR count). The number of hydrogen-bond donors (Lipinski definition) is 1. The summed E-state index contributed by atoms with van der Waals surface area (Å²) in [7, 11) is 0. The zero-order valence-corrected chi connectivity index (χ0v) is 16.2. The van der Waals surface area contributed by atoms with Gasteiger partial charge in [-0.1, -0.05) is 42.5 Å². The minimum absolute atomic E-state index is 0.0442. The van der Waals surface area contributed by atoms with Gasteiger partial charge >= 0.3 is 0 Å². The maximum atomic E-state index is 11.9. The quantitative estimate of drug-likeness (QED) is 0.328. The predicted octanol–water partition coefficient (Wildman–Crippen LogP) is 4.26. The van der Waals surface area contributed by atoms with Gasteiger partial charge < -0.3 is 4.74 Å². The lowest BCUT2D eigenvalue weighted by Gasteiger charge is -2.07. The topological polar surface area (TPSA) is 93.8 Å². The van der Waals surface area contributed by atoms with Crippen molar-refractivity contribution >= 4 is 17.8 Å². The van der Waals surface area contributed by atoms with Gasteiger partial charge in [0.15, 0.2) is 0 Å². The molecule has 0 fully saturated rings. The van der Waals surface area contributed by atoms with Crippen LogP contribution in [0.15, 0.2) is 84.0 Å². The molecule has 0 aromatic heterocycles. The van der Waals surface area contributed by atoms with E-state index in [1.807, 2.05) is 42.5 Å². The molecule has 0 spiro atoms. The van der Waals surface area contributed by atoms with Crippen LogP contribution in [0.5, 0.6) is 5.75 Å². The molecule has 3 aromatic rings. The highest BCUT2D eigenvalue weighted by atomic mass is 16.6. The van der Waals surface area contributed by atoms with Crippen LogP contribution < -0.4 is 10.2 Å². The Balaban J connectivity index is 1.47. The highest BCUT2D eigenvalue weighted by molar-refractivity contribution is 5.82. The number of nitrogens with zero attached hydrogens (tertiary/aromatic N) is 2. The van der Waals surface area contributed by atoms with E-state index in [1.165, 1.54) is 12.1 Å². The van der Waals surface area contributed by atoms with Crippen molar-refractivity contribution < 1.29 is 14.5 Å². The Kier molecular flexibility index (Phi) is 7.27. The molecule has 0 heterocycles. The fourth-order valence-corrected chi connectivity index (χ4v) is 2.70. The number of carbonyl (C=O) groups excluding carboxylic acids is 1. The van der Waals surface area contributed by atoms with Crippen molar-refractivity contribution in [2.45, 2.75) is 19.4 Å². The largest absolute Gasteiger partial charge is 0.489 e. The van der Waals surface area contributed by atoms with E-state index >= 15 is 0 Å². The van der Waals surface area contributed by atoms with Gasteiger partial charge in [0.05, 0.1) is 11.1 Å².